The molecule has 0 saturated heterocycles. The number of para-hydroxylation sites is 2. The Morgan fingerprint density at radius 2 is 1.61 bits per heavy atom. The van der Waals surface area contributed by atoms with E-state index in [0.717, 1.165) is 50.5 Å². The zero-order valence-corrected chi connectivity index (χ0v) is 17.2. The van der Waals surface area contributed by atoms with Gasteiger partial charge in [0.2, 0.25) is 0 Å². The minimum Gasteiger partial charge on any atom is -0.462 e. The molecule has 5 nitrogen and oxygen atoms in total. The zero-order chi connectivity index (χ0) is 21.4. The third kappa shape index (κ3) is 3.34. The molecule has 0 spiro atoms. The standard InChI is InChI=1S/C26H19N3O2/c1-17-12-21(31-20-8-4-3-5-9-20)13-18(2)26(17)23-14-19(15-27)28-29(23)24-16-30-25-11-7-6-10-22(24)25/h3-14,16H,1-2H3. The third-order valence-corrected chi connectivity index (χ3v) is 5.25. The quantitative estimate of drug-likeness (QED) is 0.339. The van der Waals surface area contributed by atoms with Crippen molar-refractivity contribution < 1.29 is 9.15 Å². The molecule has 31 heavy (non-hydrogen) atoms. The van der Waals surface area contributed by atoms with Crippen LogP contribution in [0.25, 0.3) is 27.9 Å². The minimum absolute atomic E-state index is 0.351. The highest BCUT2D eigenvalue weighted by Gasteiger charge is 2.19. The lowest BCUT2D eigenvalue weighted by molar-refractivity contribution is 0.482. The lowest BCUT2D eigenvalue weighted by atomic mass is 9.99. The van der Waals surface area contributed by atoms with E-state index in [-0.39, 0.29) is 0 Å². The van der Waals surface area contributed by atoms with Crippen LogP contribution in [0.1, 0.15) is 16.8 Å². The predicted molar refractivity (Wildman–Crippen MR) is 119 cm³/mol. The Morgan fingerprint density at radius 1 is 0.903 bits per heavy atom. The molecule has 0 aliphatic heterocycles. The van der Waals surface area contributed by atoms with Gasteiger partial charge in [0.05, 0.1) is 5.69 Å². The number of ether oxygens (including phenoxy) is 1. The molecule has 0 N–H and O–H groups in total. The van der Waals surface area contributed by atoms with E-state index in [1.54, 1.807) is 10.9 Å². The van der Waals surface area contributed by atoms with Gasteiger partial charge in [0, 0.05) is 17.0 Å². The fraction of sp³-hybridized carbons (Fsp3) is 0.0769. The van der Waals surface area contributed by atoms with Crippen LogP contribution in [0.4, 0.5) is 0 Å². The molecule has 5 aromatic rings. The summed E-state index contributed by atoms with van der Waals surface area (Å²) >= 11 is 0. The van der Waals surface area contributed by atoms with Gasteiger partial charge in [-0.15, -0.1) is 0 Å². The number of aromatic nitrogens is 2. The highest BCUT2D eigenvalue weighted by Crippen LogP contribution is 2.36. The first-order chi connectivity index (χ1) is 15.1. The Balaban J connectivity index is 1.64. The molecule has 5 rings (SSSR count). The number of aryl methyl sites for hydroxylation is 2. The van der Waals surface area contributed by atoms with E-state index in [1.807, 2.05) is 86.6 Å². The normalized spacial score (nSPS) is 10.9. The average Bonchev–Trinajstić information content (AvgIpc) is 3.38. The Kier molecular flexibility index (Phi) is 4.53. The SMILES string of the molecule is Cc1cc(Oc2ccccc2)cc(C)c1-c1cc(C#N)nn1-c1coc2ccccc12. The Labute approximate surface area is 179 Å². The summed E-state index contributed by atoms with van der Waals surface area (Å²) < 4.78 is 13.5. The molecule has 0 aliphatic rings. The van der Waals surface area contributed by atoms with Gasteiger partial charge in [-0.2, -0.15) is 10.4 Å². The lowest BCUT2D eigenvalue weighted by Gasteiger charge is -2.14. The van der Waals surface area contributed by atoms with Crippen molar-refractivity contribution in [2.24, 2.45) is 0 Å². The fourth-order valence-electron chi connectivity index (χ4n) is 3.94. The van der Waals surface area contributed by atoms with Gasteiger partial charge in [-0.25, -0.2) is 4.68 Å². The van der Waals surface area contributed by atoms with E-state index in [9.17, 15) is 5.26 Å². The summed E-state index contributed by atoms with van der Waals surface area (Å²) in [6.45, 7) is 4.08. The molecule has 0 fully saturated rings. The van der Waals surface area contributed by atoms with Crippen LogP contribution in [0.2, 0.25) is 0 Å². The van der Waals surface area contributed by atoms with Gasteiger partial charge in [0.25, 0.3) is 0 Å². The van der Waals surface area contributed by atoms with Gasteiger partial charge in [0.15, 0.2) is 5.69 Å². The predicted octanol–water partition coefficient (Wildman–Crippen LogP) is 6.57. The largest absolute Gasteiger partial charge is 0.462 e. The molecule has 0 atom stereocenters. The number of hydrogen-bond acceptors (Lipinski definition) is 4. The topological polar surface area (TPSA) is 64.0 Å². The number of rotatable bonds is 4. The number of hydrogen-bond donors (Lipinski definition) is 0. The zero-order valence-electron chi connectivity index (χ0n) is 17.2. The van der Waals surface area contributed by atoms with E-state index in [0.29, 0.717) is 5.69 Å². The van der Waals surface area contributed by atoms with E-state index in [4.69, 9.17) is 9.15 Å². The van der Waals surface area contributed by atoms with Crippen LogP contribution in [0.3, 0.4) is 0 Å². The molecule has 0 amide bonds. The highest BCUT2D eigenvalue weighted by molar-refractivity contribution is 5.87. The van der Waals surface area contributed by atoms with Crippen LogP contribution in [-0.2, 0) is 0 Å². The minimum atomic E-state index is 0.351. The van der Waals surface area contributed by atoms with Crippen molar-refractivity contribution in [3.8, 4) is 34.5 Å². The monoisotopic (exact) mass is 405 g/mol. The van der Waals surface area contributed by atoms with E-state index in [2.05, 4.69) is 11.2 Å². The number of nitrogens with zero attached hydrogens (tertiary/aromatic N) is 3. The molecule has 0 aliphatic carbocycles. The smallest absolute Gasteiger partial charge is 0.163 e. The molecular formula is C26H19N3O2. The number of fused-ring (bicyclic) bond motifs is 1. The van der Waals surface area contributed by atoms with Gasteiger partial charge in [-0.3, -0.25) is 0 Å². The summed E-state index contributed by atoms with van der Waals surface area (Å²) in [6, 6.07) is 25.5. The van der Waals surface area contributed by atoms with E-state index in [1.165, 1.54) is 0 Å². The summed E-state index contributed by atoms with van der Waals surface area (Å²) in [7, 11) is 0. The molecule has 5 heteroatoms. The van der Waals surface area contributed by atoms with Crippen molar-refractivity contribution >= 4 is 11.0 Å². The van der Waals surface area contributed by atoms with Gasteiger partial charge >= 0.3 is 0 Å². The van der Waals surface area contributed by atoms with Gasteiger partial charge in [0.1, 0.15) is 35.1 Å². The number of furan rings is 1. The second kappa shape index (κ2) is 7.51. The van der Waals surface area contributed by atoms with Crippen molar-refractivity contribution in [3.63, 3.8) is 0 Å². The van der Waals surface area contributed by atoms with Gasteiger partial charge in [-0.05, 0) is 61.4 Å². The van der Waals surface area contributed by atoms with E-state index < -0.39 is 0 Å². The first kappa shape index (κ1) is 18.7. The fourth-order valence-corrected chi connectivity index (χ4v) is 3.94. The Bertz CT molecular complexity index is 1420. The van der Waals surface area contributed by atoms with Crippen LogP contribution < -0.4 is 4.74 Å². The van der Waals surface area contributed by atoms with Crippen molar-refractivity contribution in [1.82, 2.24) is 9.78 Å². The summed E-state index contributed by atoms with van der Waals surface area (Å²) in [6.07, 6.45) is 1.68. The van der Waals surface area contributed by atoms with Gasteiger partial charge < -0.3 is 9.15 Å². The van der Waals surface area contributed by atoms with Crippen molar-refractivity contribution in [2.75, 3.05) is 0 Å². The lowest BCUT2D eigenvalue weighted by Crippen LogP contribution is -2.01. The van der Waals surface area contributed by atoms with E-state index >= 15 is 0 Å². The second-order valence-electron chi connectivity index (χ2n) is 7.40. The van der Waals surface area contributed by atoms with Crippen LogP contribution in [0, 0.1) is 25.2 Å². The molecule has 150 valence electrons. The maximum atomic E-state index is 9.51. The molecule has 0 radical (unpaired) electrons. The molecule has 0 unspecified atom stereocenters. The number of benzene rings is 3. The van der Waals surface area contributed by atoms with Crippen molar-refractivity contribution in [2.45, 2.75) is 13.8 Å². The van der Waals surface area contributed by atoms with Crippen LogP contribution in [0.15, 0.2) is 83.5 Å². The van der Waals surface area contributed by atoms with Crippen molar-refractivity contribution in [1.29, 1.82) is 5.26 Å². The molecule has 2 aromatic heterocycles. The maximum absolute atomic E-state index is 9.51. The Hall–Kier alpha value is -4.30. The average molecular weight is 405 g/mol. The molecule has 0 saturated carbocycles. The summed E-state index contributed by atoms with van der Waals surface area (Å²) in [5.41, 5.74) is 5.84. The molecule has 2 heterocycles. The van der Waals surface area contributed by atoms with Crippen LogP contribution >= 0.6 is 0 Å². The maximum Gasteiger partial charge on any atom is 0.163 e. The molecule has 0 bridgehead atoms. The first-order valence-electron chi connectivity index (χ1n) is 9.95. The first-order valence-corrected chi connectivity index (χ1v) is 9.95. The summed E-state index contributed by atoms with van der Waals surface area (Å²) in [5, 5.41) is 15.0. The highest BCUT2D eigenvalue weighted by atomic mass is 16.5. The second-order valence-corrected chi connectivity index (χ2v) is 7.40. The van der Waals surface area contributed by atoms with Crippen LogP contribution in [-0.4, -0.2) is 9.78 Å². The summed E-state index contributed by atoms with van der Waals surface area (Å²) in [4.78, 5) is 0. The molecular weight excluding hydrogens is 386 g/mol. The summed E-state index contributed by atoms with van der Waals surface area (Å²) in [5.74, 6) is 1.56. The molecule has 3 aromatic carbocycles. The van der Waals surface area contributed by atoms with Crippen LogP contribution in [0.5, 0.6) is 11.5 Å². The number of nitriles is 1. The third-order valence-electron chi connectivity index (χ3n) is 5.25. The van der Waals surface area contributed by atoms with Crippen molar-refractivity contribution in [3.05, 3.63) is 95.9 Å². The van der Waals surface area contributed by atoms with Gasteiger partial charge in [-0.1, -0.05) is 30.3 Å². The Morgan fingerprint density at radius 3 is 2.35 bits per heavy atom.